The number of nitrogens with one attached hydrogen (secondary N) is 1. The second kappa shape index (κ2) is 33.1. The molecule has 8 aliphatic rings. The number of rotatable bonds is 18. The molecule has 1 amide bonds. The van der Waals surface area contributed by atoms with E-state index in [2.05, 4.69) is 5.32 Å². The van der Waals surface area contributed by atoms with E-state index < -0.39 is 219 Å². The zero-order valence-corrected chi connectivity index (χ0v) is 67.5. The van der Waals surface area contributed by atoms with E-state index >= 15 is 9.59 Å². The molecule has 2 heterocycles. The third-order valence-electron chi connectivity index (χ3n) is 25.7. The van der Waals surface area contributed by atoms with Crippen molar-refractivity contribution in [3.05, 3.63) is 202 Å². The fourth-order valence-electron chi connectivity index (χ4n) is 19.4. The Kier molecular flexibility index (Phi) is 24.9. The van der Waals surface area contributed by atoms with Crippen LogP contribution in [0.5, 0.6) is 0 Å². The van der Waals surface area contributed by atoms with Crippen LogP contribution in [-0.2, 0) is 85.7 Å². The fourth-order valence-corrected chi connectivity index (χ4v) is 19.4. The minimum absolute atomic E-state index is 0. The number of hydrogen-bond donors (Lipinski definition) is 8. The van der Waals surface area contributed by atoms with Crippen molar-refractivity contribution in [3.63, 3.8) is 0 Å². The zero-order valence-electron chi connectivity index (χ0n) is 66.7. The first kappa shape index (κ1) is 87.9. The van der Waals surface area contributed by atoms with Crippen LogP contribution in [0.2, 0.25) is 0 Å². The van der Waals surface area contributed by atoms with Crippen LogP contribution in [0.15, 0.2) is 174 Å². The number of fused-ring (bicyclic) bond motifs is 10. The Morgan fingerprint density at radius 3 is 1.14 bits per heavy atom. The summed E-state index contributed by atoms with van der Waals surface area (Å²) in [6.45, 7) is 16.1. The standard InChI is InChI=1S/C47H51NO14.C40H47NO13.ClH/c1-25-31(60-43(56)36(52)35(28-16-10-7-11-17-28)48-41(54)29-18-12-8-13-19-29)23-47(57)40(61-42(55)30-20-14-9-15-21-30)38-45(6,32(51)22-33-46(38,24-58-33)62-27(3)50)39(53)37(59-26(2)49)34(25)44(47,4)5;1-20-25(52-36(48)30(45)29(41)23-13-9-7-10-14-23)18-40(49)34(53-35(47)24-15-11-8-12-16-24)32-38(6,26(44)17-27-39(32,19-50-27)54-22(3)43)33(46)31(51-21(2)42)28(20)37(40,4)5;/h7-21,31-33,35-38,40,51-52,57H,22-24H2,1-6H3,(H,48,54);7-16,25-27,29-32,34,44-45,49H,17-19,41H2,1-6H3;1H/t31-,32-,33+,35-,36+,37+,38-,40-,45+,46-,47+;25-,26-,27+,29-,30+,31+,32-,34-,38+,39-,40+;/m00./s1. The summed E-state index contributed by atoms with van der Waals surface area (Å²) < 4.78 is 60.2. The van der Waals surface area contributed by atoms with Gasteiger partial charge >= 0.3 is 47.8 Å². The van der Waals surface area contributed by atoms with Gasteiger partial charge in [0.05, 0.1) is 71.3 Å². The number of halogens is 1. The zero-order chi connectivity index (χ0) is 84.5. The Morgan fingerprint density at radius 1 is 0.470 bits per heavy atom. The topological polar surface area (TPSA) is 440 Å². The molecule has 0 aromatic heterocycles. The molecule has 2 saturated heterocycles. The van der Waals surface area contributed by atoms with Crippen molar-refractivity contribution >= 4 is 77.6 Å². The Hall–Kier alpha value is -9.92. The number of hydrogen-bond acceptors (Lipinski definition) is 28. The first-order valence-electron chi connectivity index (χ1n) is 38.4. The van der Waals surface area contributed by atoms with Crippen LogP contribution in [0.3, 0.4) is 0 Å². The Labute approximate surface area is 681 Å². The summed E-state index contributed by atoms with van der Waals surface area (Å²) in [6, 6.07) is 38.0. The van der Waals surface area contributed by atoms with Gasteiger partial charge in [0, 0.05) is 69.8 Å². The van der Waals surface area contributed by atoms with Gasteiger partial charge in [-0.1, -0.05) is 143 Å². The van der Waals surface area contributed by atoms with Crippen LogP contribution in [0.4, 0.5) is 0 Å². The van der Waals surface area contributed by atoms with Gasteiger partial charge in [0.15, 0.2) is 47.2 Å². The number of Topliss-reactive ketones (excluding diaryl/α,β-unsaturated/α-hetero) is 2. The molecule has 2 aliphatic heterocycles. The van der Waals surface area contributed by atoms with Crippen LogP contribution in [-0.4, -0.2) is 205 Å². The highest BCUT2D eigenvalue weighted by Crippen LogP contribution is 2.67. The molecule has 5 aromatic carbocycles. The van der Waals surface area contributed by atoms with Crippen molar-refractivity contribution in [2.24, 2.45) is 39.2 Å². The lowest BCUT2D eigenvalue weighted by Crippen LogP contribution is -2.82. The molecule has 29 nitrogen and oxygen atoms in total. The van der Waals surface area contributed by atoms with Gasteiger partial charge in [0.25, 0.3) is 5.91 Å². The van der Waals surface area contributed by atoms with Crippen molar-refractivity contribution in [2.45, 2.75) is 217 Å². The molecule has 4 bridgehead atoms. The number of amides is 1. The van der Waals surface area contributed by atoms with Gasteiger partial charge in [-0.15, -0.1) is 12.4 Å². The largest absolute Gasteiger partial charge is 0.456 e. The summed E-state index contributed by atoms with van der Waals surface area (Å²) in [5.74, 6) is -12.9. The predicted octanol–water partition coefficient (Wildman–Crippen LogP) is 6.42. The molecule has 6 aliphatic carbocycles. The average Bonchev–Trinajstić information content (AvgIpc) is 0.672. The summed E-state index contributed by atoms with van der Waals surface area (Å²) >= 11 is 0. The van der Waals surface area contributed by atoms with E-state index in [1.807, 2.05) is 0 Å². The Bertz CT molecular complexity index is 4740. The van der Waals surface area contributed by atoms with Gasteiger partial charge in [-0.05, 0) is 97.5 Å². The molecule has 9 N–H and O–H groups in total. The van der Waals surface area contributed by atoms with E-state index in [1.165, 1.54) is 45.0 Å². The van der Waals surface area contributed by atoms with E-state index in [9.17, 15) is 73.8 Å². The number of carbonyl (C=O) groups is 11. The molecular weight excluding hydrogens is 1540 g/mol. The van der Waals surface area contributed by atoms with E-state index in [1.54, 1.807) is 162 Å². The average molecular weight is 1640 g/mol. The van der Waals surface area contributed by atoms with Crippen LogP contribution in [0, 0.1) is 33.5 Å². The molecule has 22 atom stereocenters. The maximum Gasteiger partial charge on any atom is 0.338 e. The van der Waals surface area contributed by atoms with Gasteiger partial charge < -0.3 is 89.1 Å². The van der Waals surface area contributed by atoms with Crippen LogP contribution < -0.4 is 11.1 Å². The number of nitrogens with two attached hydrogens (primary N) is 1. The smallest absolute Gasteiger partial charge is 0.338 e. The van der Waals surface area contributed by atoms with Crippen LogP contribution in [0.1, 0.15) is 163 Å². The van der Waals surface area contributed by atoms with E-state index in [0.29, 0.717) is 11.1 Å². The van der Waals surface area contributed by atoms with Gasteiger partial charge in [-0.2, -0.15) is 0 Å². The normalized spacial score (nSPS) is 33.1. The van der Waals surface area contributed by atoms with Crippen molar-refractivity contribution in [3.8, 4) is 0 Å². The minimum atomic E-state index is -2.39. The third kappa shape index (κ3) is 15.1. The third-order valence-corrected chi connectivity index (χ3v) is 25.7. The van der Waals surface area contributed by atoms with Gasteiger partial charge in [-0.25, -0.2) is 19.2 Å². The molecule has 5 aromatic rings. The molecule has 4 saturated carbocycles. The number of esters is 8. The van der Waals surface area contributed by atoms with Crippen LogP contribution in [0.25, 0.3) is 0 Å². The summed E-state index contributed by atoms with van der Waals surface area (Å²) in [5.41, 5.74) is -7.62. The maximum atomic E-state index is 15.5. The SMILES string of the molecule is CC(=O)O[C@H]1C(=O)[C@@]2(C)[C@H]([C@H](OC(=O)c3ccccc3)[C@]3(O)C[C@H](OC(=O)[C@H](O)[C@@H](N)c4ccccc4)C(C)=C1C3(C)C)[C@]1(OC(C)=O)CO[C@@H]1C[C@@H]2O.CC(=O)O[C@H]1C(=O)[C@@]2(C)[C@H]([C@H](OC(=O)c3ccccc3)[C@]3(O)C[C@H](OC(=O)[C@H](O)[C@@H](NC(=O)c4ccccc4)c4ccccc4)C(C)=C1C3(C)C)[C@]1(OC(C)=O)CO[C@@H]1C[C@@H]2O.Cl. The molecule has 6 fully saturated rings. The minimum Gasteiger partial charge on any atom is -0.456 e. The van der Waals surface area contributed by atoms with E-state index in [0.717, 1.165) is 27.7 Å². The van der Waals surface area contributed by atoms with Crippen molar-refractivity contribution in [1.29, 1.82) is 0 Å². The molecule has 0 spiro atoms. The molecule has 626 valence electrons. The molecule has 13 rings (SSSR count). The van der Waals surface area contributed by atoms with Gasteiger partial charge in [0.2, 0.25) is 0 Å². The lowest BCUT2D eigenvalue weighted by Gasteiger charge is -2.67. The highest BCUT2D eigenvalue weighted by atomic mass is 35.5. The number of ether oxygens (including phenoxy) is 10. The summed E-state index contributed by atoms with van der Waals surface area (Å²) in [4.78, 5) is 152. The summed E-state index contributed by atoms with van der Waals surface area (Å²) in [6.07, 6.45) is -20.5. The first-order chi connectivity index (χ1) is 54.6. The summed E-state index contributed by atoms with van der Waals surface area (Å²) in [7, 11) is 0. The Morgan fingerprint density at radius 2 is 0.803 bits per heavy atom. The second-order valence-corrected chi connectivity index (χ2v) is 32.9. The van der Waals surface area contributed by atoms with Gasteiger partial charge in [-0.3, -0.25) is 33.6 Å². The predicted molar refractivity (Wildman–Crippen MR) is 413 cm³/mol. The lowest BCUT2D eigenvalue weighted by atomic mass is 9.44. The second-order valence-electron chi connectivity index (χ2n) is 32.9. The van der Waals surface area contributed by atoms with E-state index in [-0.39, 0.29) is 77.4 Å². The quantitative estimate of drug-likeness (QED) is 0.0266. The number of aliphatic hydroxyl groups is 6. The molecule has 30 heteroatoms. The number of ketones is 2. The number of aliphatic hydroxyl groups excluding tert-OH is 4. The fraction of sp³-hybridized carbons (Fsp3) is 0.483. The van der Waals surface area contributed by atoms with E-state index in [4.69, 9.17) is 53.1 Å². The molecule has 0 unspecified atom stereocenters. The number of benzene rings is 5. The first-order valence-corrected chi connectivity index (χ1v) is 38.4. The molecular formula is C87H99ClN2O27. The highest BCUT2D eigenvalue weighted by Gasteiger charge is 2.81. The monoisotopic (exact) mass is 1640 g/mol. The maximum absolute atomic E-state index is 15.5. The Balaban J connectivity index is 0.000000230. The molecule has 117 heavy (non-hydrogen) atoms. The van der Waals surface area contributed by atoms with Gasteiger partial charge in [0.1, 0.15) is 47.8 Å². The summed E-state index contributed by atoms with van der Waals surface area (Å²) in [5, 5.41) is 76.7. The number of carbonyl (C=O) groups excluding carboxylic acids is 11. The highest BCUT2D eigenvalue weighted by molar-refractivity contribution is 5.98. The molecule has 0 radical (unpaired) electrons. The van der Waals surface area contributed by atoms with Crippen molar-refractivity contribution in [2.75, 3.05) is 13.2 Å². The van der Waals surface area contributed by atoms with Crippen LogP contribution >= 0.6 is 12.4 Å². The lowest BCUT2D eigenvalue weighted by molar-refractivity contribution is -0.346. The van der Waals surface area contributed by atoms with Crippen molar-refractivity contribution in [1.82, 2.24) is 5.32 Å². The van der Waals surface area contributed by atoms with Crippen molar-refractivity contribution < 1.29 is 131 Å².